The highest BCUT2D eigenvalue weighted by molar-refractivity contribution is 7.86. The molecule has 88 valence electrons. The van der Waals surface area contributed by atoms with Crippen LogP contribution in [0.4, 0.5) is 4.39 Å². The minimum absolute atomic E-state index is 0.103. The van der Waals surface area contributed by atoms with Gasteiger partial charge in [0.1, 0.15) is 6.67 Å². The molecular weight excluding hydrogens is 230 g/mol. The summed E-state index contributed by atoms with van der Waals surface area (Å²) in [6, 6.07) is 6.33. The van der Waals surface area contributed by atoms with E-state index in [1.165, 1.54) is 24.3 Å². The van der Waals surface area contributed by atoms with E-state index >= 15 is 0 Å². The zero-order chi connectivity index (χ0) is 12.0. The smallest absolute Gasteiger partial charge is 0.262 e. The molecule has 16 heavy (non-hydrogen) atoms. The Kier molecular flexibility index (Phi) is 4.64. The lowest BCUT2D eigenvalue weighted by molar-refractivity contribution is 0.356. The number of benzene rings is 1. The van der Waals surface area contributed by atoms with Crippen molar-refractivity contribution in [1.29, 1.82) is 0 Å². The Balaban J connectivity index is 2.71. The van der Waals surface area contributed by atoms with Crippen LogP contribution in [0.2, 0.25) is 0 Å². The lowest BCUT2D eigenvalue weighted by atomic mass is 10.2. The molecule has 0 amide bonds. The largest absolute Gasteiger partial charge is 0.297 e. The van der Waals surface area contributed by atoms with Crippen molar-refractivity contribution in [3.05, 3.63) is 42.0 Å². The maximum absolute atomic E-state index is 11.7. The Bertz CT molecular complexity index is 449. The maximum Gasteiger partial charge on any atom is 0.297 e. The molecule has 0 saturated heterocycles. The highest BCUT2D eigenvalue weighted by Gasteiger charge is 2.13. The average Bonchev–Trinajstić information content (AvgIpc) is 2.25. The standard InChI is InChI=1S/C11H13FO3S/c1-10-4-6-11(7-5-10)16(13,14)15-9-3-2-8-12/h2-7H,8-9H2,1H3/b3-2-/i12-1. The van der Waals surface area contributed by atoms with E-state index in [1.807, 2.05) is 6.92 Å². The van der Waals surface area contributed by atoms with Gasteiger partial charge in [-0.05, 0) is 19.1 Å². The summed E-state index contributed by atoms with van der Waals surface area (Å²) >= 11 is 0. The Labute approximate surface area is 94.7 Å². The first kappa shape index (κ1) is 12.9. The van der Waals surface area contributed by atoms with Gasteiger partial charge in [0, 0.05) is 0 Å². The number of allylic oxidation sites excluding steroid dienone is 1. The summed E-state index contributed by atoms with van der Waals surface area (Å²) in [4.78, 5) is 0.103. The second-order valence-electron chi connectivity index (χ2n) is 3.18. The van der Waals surface area contributed by atoms with Gasteiger partial charge in [0.2, 0.25) is 0 Å². The Morgan fingerprint density at radius 2 is 1.88 bits per heavy atom. The zero-order valence-corrected chi connectivity index (χ0v) is 9.71. The number of rotatable bonds is 5. The van der Waals surface area contributed by atoms with E-state index in [2.05, 4.69) is 4.18 Å². The highest BCUT2D eigenvalue weighted by Crippen LogP contribution is 2.12. The molecule has 0 bridgehead atoms. The van der Waals surface area contributed by atoms with Crippen LogP contribution < -0.4 is 0 Å². The fraction of sp³-hybridized carbons (Fsp3) is 0.273. The van der Waals surface area contributed by atoms with Crippen molar-refractivity contribution in [1.82, 2.24) is 0 Å². The van der Waals surface area contributed by atoms with Crippen molar-refractivity contribution >= 4 is 10.1 Å². The summed E-state index contributed by atoms with van der Waals surface area (Å²) in [5.74, 6) is 0. The molecule has 0 aliphatic rings. The van der Waals surface area contributed by atoms with Gasteiger partial charge in [-0.1, -0.05) is 29.8 Å². The van der Waals surface area contributed by atoms with Crippen LogP contribution >= 0.6 is 0 Å². The van der Waals surface area contributed by atoms with Crippen molar-refractivity contribution in [3.63, 3.8) is 0 Å². The molecule has 1 rings (SSSR count). The molecule has 0 radical (unpaired) electrons. The number of halogens is 1. The van der Waals surface area contributed by atoms with Crippen LogP contribution in [0.5, 0.6) is 0 Å². The van der Waals surface area contributed by atoms with Crippen molar-refractivity contribution in [2.24, 2.45) is 0 Å². The summed E-state index contributed by atoms with van der Waals surface area (Å²) in [5, 5.41) is 0. The van der Waals surface area contributed by atoms with Gasteiger partial charge in [0.25, 0.3) is 10.1 Å². The molecule has 0 heterocycles. The predicted octanol–water partition coefficient (Wildman–Crippen LogP) is 2.23. The lowest BCUT2D eigenvalue weighted by Gasteiger charge is -2.03. The zero-order valence-electron chi connectivity index (χ0n) is 8.89. The van der Waals surface area contributed by atoms with Crippen LogP contribution in [0.1, 0.15) is 5.56 Å². The van der Waals surface area contributed by atoms with Gasteiger partial charge in [0.05, 0.1) is 11.5 Å². The molecule has 0 saturated carbocycles. The molecule has 3 nitrogen and oxygen atoms in total. The molecule has 0 aromatic heterocycles. The van der Waals surface area contributed by atoms with Crippen molar-refractivity contribution in [3.8, 4) is 0 Å². The quantitative estimate of drug-likeness (QED) is 0.588. The van der Waals surface area contributed by atoms with E-state index in [0.29, 0.717) is 0 Å². The third-order valence-corrected chi connectivity index (χ3v) is 3.18. The predicted molar refractivity (Wildman–Crippen MR) is 59.4 cm³/mol. The van der Waals surface area contributed by atoms with Gasteiger partial charge in [-0.15, -0.1) is 0 Å². The summed E-state index contributed by atoms with van der Waals surface area (Å²) in [6.07, 6.45) is 2.52. The Morgan fingerprint density at radius 3 is 2.44 bits per heavy atom. The molecular formula is C11H13FO3S. The van der Waals surface area contributed by atoms with Crippen molar-refractivity contribution < 1.29 is 17.0 Å². The van der Waals surface area contributed by atoms with E-state index in [-0.39, 0.29) is 11.5 Å². The van der Waals surface area contributed by atoms with Crippen molar-refractivity contribution in [2.45, 2.75) is 11.8 Å². The molecule has 0 unspecified atom stereocenters. The van der Waals surface area contributed by atoms with Crippen LogP contribution in [-0.4, -0.2) is 21.7 Å². The van der Waals surface area contributed by atoms with Gasteiger partial charge >= 0.3 is 0 Å². The Hall–Kier alpha value is -1.20. The third-order valence-electron chi connectivity index (χ3n) is 1.88. The fourth-order valence-corrected chi connectivity index (χ4v) is 1.90. The first-order valence-electron chi connectivity index (χ1n) is 4.73. The molecule has 1 aromatic rings. The average molecular weight is 243 g/mol. The molecule has 0 N–H and O–H groups in total. The normalized spacial score (nSPS) is 12.1. The summed E-state index contributed by atoms with van der Waals surface area (Å²) in [6.45, 7) is 1.08. The van der Waals surface area contributed by atoms with E-state index < -0.39 is 16.8 Å². The van der Waals surface area contributed by atoms with E-state index in [1.54, 1.807) is 12.1 Å². The van der Waals surface area contributed by atoms with Gasteiger partial charge in [-0.2, -0.15) is 8.42 Å². The SMILES string of the molecule is Cc1ccc(S(=O)(=O)OC/C=C\C[18F])cc1. The molecule has 0 spiro atoms. The summed E-state index contributed by atoms with van der Waals surface area (Å²) < 4.78 is 39.5. The fourth-order valence-electron chi connectivity index (χ4n) is 1.03. The molecule has 1 aromatic carbocycles. The maximum atomic E-state index is 11.7. The van der Waals surface area contributed by atoms with Crippen LogP contribution in [0, 0.1) is 6.92 Å². The van der Waals surface area contributed by atoms with Crippen LogP contribution in [-0.2, 0) is 14.3 Å². The summed E-state index contributed by atoms with van der Waals surface area (Å²) in [7, 11) is -3.73. The number of alkyl halides is 1. The van der Waals surface area contributed by atoms with E-state index in [9.17, 15) is 12.8 Å². The third kappa shape index (κ3) is 3.75. The monoisotopic (exact) mass is 243 g/mol. The minimum Gasteiger partial charge on any atom is -0.262 e. The van der Waals surface area contributed by atoms with Crippen LogP contribution in [0.25, 0.3) is 0 Å². The molecule has 0 aliphatic heterocycles. The Morgan fingerprint density at radius 1 is 1.25 bits per heavy atom. The van der Waals surface area contributed by atoms with Crippen LogP contribution in [0.15, 0.2) is 41.3 Å². The molecule has 0 aliphatic carbocycles. The molecule has 5 heteroatoms. The first-order chi connectivity index (χ1) is 7.56. The highest BCUT2D eigenvalue weighted by atomic mass is 32.2. The number of aryl methyl sites for hydroxylation is 1. The first-order valence-corrected chi connectivity index (χ1v) is 6.14. The molecule has 0 fully saturated rings. The van der Waals surface area contributed by atoms with E-state index in [4.69, 9.17) is 0 Å². The van der Waals surface area contributed by atoms with Gasteiger partial charge in [0.15, 0.2) is 0 Å². The number of hydrogen-bond acceptors (Lipinski definition) is 3. The van der Waals surface area contributed by atoms with Gasteiger partial charge in [-0.25, -0.2) is 4.39 Å². The number of hydrogen-bond donors (Lipinski definition) is 0. The second-order valence-corrected chi connectivity index (χ2v) is 4.79. The van der Waals surface area contributed by atoms with Crippen LogP contribution in [0.3, 0.4) is 0 Å². The molecule has 0 atom stereocenters. The topological polar surface area (TPSA) is 43.4 Å². The minimum atomic E-state index is -3.73. The van der Waals surface area contributed by atoms with Gasteiger partial charge < -0.3 is 0 Å². The van der Waals surface area contributed by atoms with Crippen molar-refractivity contribution in [2.75, 3.05) is 13.3 Å². The summed E-state index contributed by atoms with van der Waals surface area (Å²) in [5.41, 5.74) is 0.969. The second kappa shape index (κ2) is 5.77. The lowest BCUT2D eigenvalue weighted by Crippen LogP contribution is -2.06. The van der Waals surface area contributed by atoms with Gasteiger partial charge in [-0.3, -0.25) is 4.18 Å². The van der Waals surface area contributed by atoms with E-state index in [0.717, 1.165) is 5.56 Å².